The van der Waals surface area contributed by atoms with E-state index in [4.69, 9.17) is 0 Å². The molecule has 0 aliphatic carbocycles. The topological polar surface area (TPSA) is 29.5 Å². The fourth-order valence-electron chi connectivity index (χ4n) is 1.70. The Morgan fingerprint density at radius 2 is 0.760 bits per heavy atom. The Bertz CT molecular complexity index is 814. The summed E-state index contributed by atoms with van der Waals surface area (Å²) in [6.45, 7) is 0. The van der Waals surface area contributed by atoms with Crippen LogP contribution >= 0.6 is 0 Å². The molecule has 2 aromatic carbocycles. The lowest BCUT2D eigenvalue weighted by Crippen LogP contribution is -2.43. The van der Waals surface area contributed by atoms with E-state index in [1.165, 1.54) is 0 Å². The fourth-order valence-corrected chi connectivity index (χ4v) is 1.70. The van der Waals surface area contributed by atoms with Crippen LogP contribution in [0.2, 0.25) is 0 Å². The normalized spacial score (nSPS) is 11.0. The van der Waals surface area contributed by atoms with Gasteiger partial charge in [0.1, 0.15) is 0 Å². The SMILES string of the molecule is OB(Oc1c(F)c(F)c(F)c(F)c1F)c1c(F)c(F)c(F)c(F)c1F. The van der Waals surface area contributed by atoms with Crippen molar-refractivity contribution in [2.45, 2.75) is 0 Å². The minimum atomic E-state index is -3.29. The summed E-state index contributed by atoms with van der Waals surface area (Å²) in [7, 11) is -3.29. The summed E-state index contributed by atoms with van der Waals surface area (Å²) in [5.74, 6) is -28.1. The summed E-state index contributed by atoms with van der Waals surface area (Å²) in [5, 5.41) is 9.35. The predicted molar refractivity (Wildman–Crippen MR) is 60.7 cm³/mol. The van der Waals surface area contributed by atoms with Gasteiger partial charge in [-0.2, -0.15) is 8.78 Å². The molecule has 13 heteroatoms. The lowest BCUT2D eigenvalue weighted by Gasteiger charge is -2.14. The van der Waals surface area contributed by atoms with Gasteiger partial charge in [-0.3, -0.25) is 0 Å². The highest BCUT2D eigenvalue weighted by atomic mass is 19.2. The largest absolute Gasteiger partial charge is 0.566 e. The first-order valence-electron chi connectivity index (χ1n) is 5.88. The molecule has 134 valence electrons. The molecule has 0 heterocycles. The third-order valence-electron chi connectivity index (χ3n) is 2.89. The first-order valence-corrected chi connectivity index (χ1v) is 5.88. The van der Waals surface area contributed by atoms with Gasteiger partial charge in [0.25, 0.3) is 0 Å². The summed E-state index contributed by atoms with van der Waals surface area (Å²) >= 11 is 0. The summed E-state index contributed by atoms with van der Waals surface area (Å²) in [6, 6.07) is 0. The van der Waals surface area contributed by atoms with Crippen LogP contribution in [0.15, 0.2) is 0 Å². The van der Waals surface area contributed by atoms with Crippen molar-refractivity contribution in [1.29, 1.82) is 0 Å². The van der Waals surface area contributed by atoms with E-state index in [1.807, 2.05) is 0 Å². The molecule has 0 spiro atoms. The molecule has 0 saturated carbocycles. The van der Waals surface area contributed by atoms with Crippen LogP contribution in [0.1, 0.15) is 0 Å². The Kier molecular flexibility index (Phi) is 4.89. The maximum atomic E-state index is 13.4. The summed E-state index contributed by atoms with van der Waals surface area (Å²) in [4.78, 5) is 0. The van der Waals surface area contributed by atoms with Gasteiger partial charge >= 0.3 is 7.12 Å². The number of hydrogen-bond donors (Lipinski definition) is 1. The second-order valence-corrected chi connectivity index (χ2v) is 4.35. The second kappa shape index (κ2) is 6.46. The van der Waals surface area contributed by atoms with E-state index >= 15 is 0 Å². The fraction of sp³-hybridized carbons (Fsp3) is 0. The zero-order valence-electron chi connectivity index (χ0n) is 11.2. The zero-order chi connectivity index (χ0) is 19.2. The molecule has 0 atom stereocenters. The molecule has 0 aliphatic rings. The standard InChI is InChI=1S/C12HBF10O2/c14-2-1(3(15)5(17)6(18)4(2)16)13(24)25-12-10(22)8(20)7(19)9(21)11(12)23/h24H. The van der Waals surface area contributed by atoms with Crippen molar-refractivity contribution in [1.82, 2.24) is 0 Å². The van der Waals surface area contributed by atoms with E-state index in [0.29, 0.717) is 0 Å². The molecule has 0 fully saturated rings. The van der Waals surface area contributed by atoms with Crippen LogP contribution in [0.3, 0.4) is 0 Å². The third kappa shape index (κ3) is 2.88. The Labute approximate surface area is 131 Å². The average molecular weight is 378 g/mol. The Morgan fingerprint density at radius 3 is 1.12 bits per heavy atom. The van der Waals surface area contributed by atoms with Gasteiger partial charge in [-0.25, -0.2) is 35.1 Å². The predicted octanol–water partition coefficient (Wildman–Crippen LogP) is 2.84. The van der Waals surface area contributed by atoms with E-state index in [0.717, 1.165) is 0 Å². The highest BCUT2D eigenvalue weighted by Crippen LogP contribution is 2.29. The Morgan fingerprint density at radius 1 is 0.480 bits per heavy atom. The quantitative estimate of drug-likeness (QED) is 0.386. The molecule has 0 radical (unpaired) electrons. The van der Waals surface area contributed by atoms with E-state index < -0.39 is 76.5 Å². The molecule has 2 aromatic rings. The van der Waals surface area contributed by atoms with E-state index in [9.17, 15) is 48.9 Å². The molecular weight excluding hydrogens is 377 g/mol. The van der Waals surface area contributed by atoms with Crippen molar-refractivity contribution in [2.24, 2.45) is 0 Å². The van der Waals surface area contributed by atoms with Crippen molar-refractivity contribution in [3.63, 3.8) is 0 Å². The number of hydrogen-bond acceptors (Lipinski definition) is 2. The van der Waals surface area contributed by atoms with Crippen LogP contribution in [-0.4, -0.2) is 12.1 Å². The maximum Gasteiger partial charge on any atom is 0.566 e. The lowest BCUT2D eigenvalue weighted by molar-refractivity contribution is 0.329. The third-order valence-corrected chi connectivity index (χ3v) is 2.89. The molecule has 0 saturated heterocycles. The molecule has 2 nitrogen and oxygen atoms in total. The lowest BCUT2D eigenvalue weighted by atomic mass is 9.78. The molecule has 1 N–H and O–H groups in total. The Balaban J connectivity index is 2.58. The highest BCUT2D eigenvalue weighted by molar-refractivity contribution is 6.60. The van der Waals surface area contributed by atoms with Gasteiger partial charge in [0, 0.05) is 0 Å². The highest BCUT2D eigenvalue weighted by Gasteiger charge is 2.37. The van der Waals surface area contributed by atoms with Crippen molar-refractivity contribution in [3.8, 4) is 5.75 Å². The van der Waals surface area contributed by atoms with Crippen LogP contribution in [-0.2, 0) is 0 Å². The Hall–Kier alpha value is -2.44. The van der Waals surface area contributed by atoms with E-state index in [-0.39, 0.29) is 0 Å². The molecule has 25 heavy (non-hydrogen) atoms. The van der Waals surface area contributed by atoms with Crippen molar-refractivity contribution >= 4 is 12.6 Å². The van der Waals surface area contributed by atoms with E-state index in [1.54, 1.807) is 0 Å². The summed E-state index contributed by atoms with van der Waals surface area (Å²) < 4.78 is 135. The molecule has 0 bridgehead atoms. The van der Waals surface area contributed by atoms with Crippen molar-refractivity contribution in [2.75, 3.05) is 0 Å². The average Bonchev–Trinajstić information content (AvgIpc) is 2.58. The molecular formula is C12HBF10O2. The smallest absolute Gasteiger partial charge is 0.528 e. The molecule has 0 amide bonds. The van der Waals surface area contributed by atoms with Gasteiger partial charge in [0.05, 0.1) is 5.46 Å². The van der Waals surface area contributed by atoms with Crippen molar-refractivity contribution in [3.05, 3.63) is 58.2 Å². The molecule has 0 unspecified atom stereocenters. The number of benzene rings is 2. The molecule has 0 aromatic heterocycles. The van der Waals surface area contributed by atoms with Gasteiger partial charge < -0.3 is 9.68 Å². The number of halogens is 10. The second-order valence-electron chi connectivity index (χ2n) is 4.35. The van der Waals surface area contributed by atoms with Crippen LogP contribution in [0, 0.1) is 58.2 Å². The summed E-state index contributed by atoms with van der Waals surface area (Å²) in [5.41, 5.74) is -2.10. The molecule has 0 aliphatic heterocycles. The van der Waals surface area contributed by atoms with Gasteiger partial charge in [-0.15, -0.1) is 0 Å². The summed E-state index contributed by atoms with van der Waals surface area (Å²) in [6.07, 6.45) is 0. The monoisotopic (exact) mass is 378 g/mol. The van der Waals surface area contributed by atoms with Gasteiger partial charge in [0.2, 0.25) is 29.1 Å². The van der Waals surface area contributed by atoms with Gasteiger partial charge in [-0.1, -0.05) is 0 Å². The van der Waals surface area contributed by atoms with Gasteiger partial charge in [-0.05, 0) is 0 Å². The molecule has 2 rings (SSSR count). The van der Waals surface area contributed by atoms with Crippen LogP contribution in [0.25, 0.3) is 0 Å². The van der Waals surface area contributed by atoms with Crippen molar-refractivity contribution < 1.29 is 53.6 Å². The zero-order valence-corrected chi connectivity index (χ0v) is 11.2. The van der Waals surface area contributed by atoms with Crippen LogP contribution in [0.5, 0.6) is 5.75 Å². The van der Waals surface area contributed by atoms with Gasteiger partial charge in [0.15, 0.2) is 34.8 Å². The van der Waals surface area contributed by atoms with Crippen LogP contribution in [0.4, 0.5) is 43.9 Å². The van der Waals surface area contributed by atoms with Crippen LogP contribution < -0.4 is 10.1 Å². The van der Waals surface area contributed by atoms with E-state index in [2.05, 4.69) is 4.65 Å². The minimum Gasteiger partial charge on any atom is -0.528 e. The first-order chi connectivity index (χ1) is 11.5. The maximum absolute atomic E-state index is 13.4. The minimum absolute atomic E-state index is 2.10. The number of rotatable bonds is 3. The first kappa shape index (κ1) is 18.9.